The zero-order chi connectivity index (χ0) is 21.8. The van der Waals surface area contributed by atoms with Crippen LogP contribution in [-0.4, -0.2) is 40.0 Å². The van der Waals surface area contributed by atoms with E-state index in [1.54, 1.807) is 24.3 Å². The van der Waals surface area contributed by atoms with E-state index in [-0.39, 0.29) is 28.9 Å². The highest BCUT2D eigenvalue weighted by molar-refractivity contribution is 6.03. The van der Waals surface area contributed by atoms with Crippen LogP contribution in [0, 0.1) is 0 Å². The van der Waals surface area contributed by atoms with Gasteiger partial charge in [0.2, 0.25) is 5.95 Å². The molecule has 4 rings (SSSR count). The van der Waals surface area contributed by atoms with Crippen LogP contribution in [0.2, 0.25) is 0 Å². The van der Waals surface area contributed by atoms with Crippen LogP contribution in [0.5, 0.6) is 0 Å². The van der Waals surface area contributed by atoms with Crippen LogP contribution in [0.1, 0.15) is 28.9 Å². The topological polar surface area (TPSA) is 94.7 Å². The Bertz CT molecular complexity index is 1040. The Hall–Kier alpha value is -3.40. The van der Waals surface area contributed by atoms with Crippen molar-refractivity contribution in [2.45, 2.75) is 25.1 Å². The van der Waals surface area contributed by atoms with Gasteiger partial charge in [-0.2, -0.15) is 13.2 Å². The summed E-state index contributed by atoms with van der Waals surface area (Å²) in [7, 11) is 0. The number of anilines is 2. The lowest BCUT2D eigenvalue weighted by Crippen LogP contribution is -2.38. The summed E-state index contributed by atoms with van der Waals surface area (Å²) >= 11 is 0. The van der Waals surface area contributed by atoms with E-state index < -0.39 is 17.6 Å². The van der Waals surface area contributed by atoms with Crippen LogP contribution >= 0.6 is 0 Å². The number of nitrogens with one attached hydrogen (secondary N) is 4. The average molecular weight is 430 g/mol. The van der Waals surface area contributed by atoms with Crippen molar-refractivity contribution >= 4 is 17.5 Å². The molecule has 3 heterocycles. The Kier molecular flexibility index (Phi) is 5.90. The lowest BCUT2D eigenvalue weighted by Gasteiger charge is -2.24. The maximum atomic E-state index is 13.6. The third-order valence-electron chi connectivity index (χ3n) is 4.96. The molecule has 162 valence electrons. The molecule has 4 N–H and O–H groups in total. The number of halogens is 3. The van der Waals surface area contributed by atoms with Crippen molar-refractivity contribution in [3.05, 3.63) is 60.0 Å². The first-order chi connectivity index (χ1) is 14.9. The smallest absolute Gasteiger partial charge is 0.357 e. The monoisotopic (exact) mass is 430 g/mol. The fourth-order valence-corrected chi connectivity index (χ4v) is 3.42. The van der Waals surface area contributed by atoms with Gasteiger partial charge in [0.25, 0.3) is 5.91 Å². The minimum Gasteiger partial charge on any atom is -0.357 e. The molecule has 1 unspecified atom stereocenters. The van der Waals surface area contributed by atoms with Gasteiger partial charge in [-0.25, -0.2) is 9.97 Å². The quantitative estimate of drug-likeness (QED) is 0.493. The van der Waals surface area contributed by atoms with Gasteiger partial charge >= 0.3 is 6.18 Å². The van der Waals surface area contributed by atoms with Crippen molar-refractivity contribution in [3.8, 4) is 11.3 Å². The number of alkyl halides is 3. The normalized spacial score (nSPS) is 16.7. The summed E-state index contributed by atoms with van der Waals surface area (Å²) in [5.41, 5.74) is -0.402. The number of hydrogen-bond acceptors (Lipinski definition) is 5. The first-order valence-corrected chi connectivity index (χ1v) is 9.87. The molecule has 1 aliphatic heterocycles. The molecule has 1 saturated heterocycles. The highest BCUT2D eigenvalue weighted by Crippen LogP contribution is 2.36. The summed E-state index contributed by atoms with van der Waals surface area (Å²) in [4.78, 5) is 23.2. The molecule has 3 aromatic rings. The van der Waals surface area contributed by atoms with E-state index in [1.807, 2.05) is 6.07 Å². The van der Waals surface area contributed by atoms with Gasteiger partial charge < -0.3 is 20.9 Å². The molecule has 7 nitrogen and oxygen atoms in total. The van der Waals surface area contributed by atoms with Gasteiger partial charge in [-0.3, -0.25) is 4.79 Å². The number of aromatic amines is 1. The molecule has 0 saturated carbocycles. The van der Waals surface area contributed by atoms with Crippen LogP contribution in [0.15, 0.2) is 48.8 Å². The second-order valence-electron chi connectivity index (χ2n) is 7.26. The number of nitrogens with zero attached hydrogens (tertiary/aromatic N) is 2. The van der Waals surface area contributed by atoms with Gasteiger partial charge in [-0.15, -0.1) is 0 Å². The SMILES string of the molecule is O=C(Nc1ccccc1)c1cc(-c2nc(NC3CCCNC3)ncc2C(F)(F)F)c[nH]1. The number of carbonyl (C=O) groups is 1. The molecule has 0 aliphatic carbocycles. The number of piperidine rings is 1. The predicted molar refractivity (Wildman–Crippen MR) is 111 cm³/mol. The number of amides is 1. The van der Waals surface area contributed by atoms with Crippen molar-refractivity contribution in [2.75, 3.05) is 23.7 Å². The molecule has 0 bridgehead atoms. The Labute approximate surface area is 176 Å². The summed E-state index contributed by atoms with van der Waals surface area (Å²) in [5, 5.41) is 9.00. The average Bonchev–Trinajstić information content (AvgIpc) is 3.25. The van der Waals surface area contributed by atoms with E-state index >= 15 is 0 Å². The van der Waals surface area contributed by atoms with E-state index in [1.165, 1.54) is 12.3 Å². The summed E-state index contributed by atoms with van der Waals surface area (Å²) < 4.78 is 40.7. The fourth-order valence-electron chi connectivity index (χ4n) is 3.42. The van der Waals surface area contributed by atoms with Crippen LogP contribution in [0.4, 0.5) is 24.8 Å². The van der Waals surface area contributed by atoms with E-state index in [2.05, 4.69) is 30.9 Å². The summed E-state index contributed by atoms with van der Waals surface area (Å²) in [6.07, 6.45) is -0.686. The van der Waals surface area contributed by atoms with Crippen molar-refractivity contribution in [2.24, 2.45) is 0 Å². The van der Waals surface area contributed by atoms with E-state index in [4.69, 9.17) is 0 Å². The van der Waals surface area contributed by atoms with Crippen LogP contribution < -0.4 is 16.0 Å². The van der Waals surface area contributed by atoms with Gasteiger partial charge in [0.1, 0.15) is 11.3 Å². The molecule has 1 fully saturated rings. The third kappa shape index (κ3) is 5.02. The summed E-state index contributed by atoms with van der Waals surface area (Å²) in [6.45, 7) is 1.60. The minimum atomic E-state index is -4.63. The Balaban J connectivity index is 1.61. The number of aromatic nitrogens is 3. The zero-order valence-corrected chi connectivity index (χ0v) is 16.5. The van der Waals surface area contributed by atoms with Crippen molar-refractivity contribution < 1.29 is 18.0 Å². The van der Waals surface area contributed by atoms with Gasteiger partial charge in [0.15, 0.2) is 0 Å². The lowest BCUT2D eigenvalue weighted by atomic mass is 10.1. The number of carbonyl (C=O) groups excluding carboxylic acids is 1. The molecule has 1 amide bonds. The Morgan fingerprint density at radius 2 is 2.00 bits per heavy atom. The Morgan fingerprint density at radius 1 is 1.19 bits per heavy atom. The number of para-hydroxylation sites is 1. The largest absolute Gasteiger partial charge is 0.419 e. The lowest BCUT2D eigenvalue weighted by molar-refractivity contribution is -0.137. The molecule has 0 radical (unpaired) electrons. The Morgan fingerprint density at radius 3 is 2.71 bits per heavy atom. The van der Waals surface area contributed by atoms with Crippen molar-refractivity contribution in [1.29, 1.82) is 0 Å². The first-order valence-electron chi connectivity index (χ1n) is 9.87. The highest BCUT2D eigenvalue weighted by atomic mass is 19.4. The fraction of sp³-hybridized carbons (Fsp3) is 0.286. The molecule has 1 aliphatic rings. The molecular weight excluding hydrogens is 409 g/mol. The van der Waals surface area contributed by atoms with E-state index in [0.29, 0.717) is 12.2 Å². The molecular formula is C21H21F3N6O. The molecule has 10 heteroatoms. The summed E-state index contributed by atoms with van der Waals surface area (Å²) in [5.74, 6) is -0.347. The zero-order valence-electron chi connectivity index (χ0n) is 16.5. The van der Waals surface area contributed by atoms with Gasteiger partial charge in [0.05, 0.1) is 5.69 Å². The molecule has 1 atom stereocenters. The van der Waals surface area contributed by atoms with Gasteiger partial charge in [0, 0.05) is 36.2 Å². The van der Waals surface area contributed by atoms with E-state index in [0.717, 1.165) is 25.6 Å². The van der Waals surface area contributed by atoms with E-state index in [9.17, 15) is 18.0 Å². The number of benzene rings is 1. The maximum absolute atomic E-state index is 13.6. The highest BCUT2D eigenvalue weighted by Gasteiger charge is 2.36. The third-order valence-corrected chi connectivity index (χ3v) is 4.96. The number of H-pyrrole nitrogens is 1. The second-order valence-corrected chi connectivity index (χ2v) is 7.26. The van der Waals surface area contributed by atoms with Gasteiger partial charge in [-0.05, 0) is 37.6 Å². The van der Waals surface area contributed by atoms with Crippen LogP contribution in [0.25, 0.3) is 11.3 Å². The first kappa shape index (κ1) is 20.9. The van der Waals surface area contributed by atoms with Crippen molar-refractivity contribution in [3.63, 3.8) is 0 Å². The summed E-state index contributed by atoms with van der Waals surface area (Å²) in [6, 6.07) is 10.2. The molecule has 2 aromatic heterocycles. The predicted octanol–water partition coefficient (Wildman–Crippen LogP) is 3.91. The van der Waals surface area contributed by atoms with Crippen molar-refractivity contribution in [1.82, 2.24) is 20.3 Å². The molecule has 0 spiro atoms. The standard InChI is InChI=1S/C21H21F3N6O/c22-21(23,24)16-12-27-20(29-15-7-4-8-25-11-15)30-18(16)13-9-17(26-10-13)19(31)28-14-5-2-1-3-6-14/h1-3,5-6,9-10,12,15,25-26H,4,7-8,11H2,(H,28,31)(H,27,29,30). The molecule has 1 aromatic carbocycles. The minimum absolute atomic E-state index is 0.0387. The molecule has 31 heavy (non-hydrogen) atoms. The number of rotatable bonds is 5. The van der Waals surface area contributed by atoms with Crippen LogP contribution in [0.3, 0.4) is 0 Å². The number of hydrogen-bond donors (Lipinski definition) is 4. The van der Waals surface area contributed by atoms with Crippen LogP contribution in [-0.2, 0) is 6.18 Å². The van der Waals surface area contributed by atoms with Gasteiger partial charge in [-0.1, -0.05) is 18.2 Å². The maximum Gasteiger partial charge on any atom is 0.419 e. The second kappa shape index (κ2) is 8.76.